The van der Waals surface area contributed by atoms with Gasteiger partial charge in [-0.25, -0.2) is 14.1 Å². The Labute approximate surface area is 433 Å². The third-order valence-electron chi connectivity index (χ3n) is 12.8. The Kier molecular flexibility index (Phi) is 19.8. The van der Waals surface area contributed by atoms with Gasteiger partial charge in [0.2, 0.25) is 0 Å². The number of aldehydes is 3. The van der Waals surface area contributed by atoms with Crippen LogP contribution in [0, 0.1) is 0 Å². The van der Waals surface area contributed by atoms with Crippen molar-refractivity contribution in [1.29, 1.82) is 0 Å². The van der Waals surface area contributed by atoms with Gasteiger partial charge in [-0.2, -0.15) is 4.98 Å². The van der Waals surface area contributed by atoms with E-state index in [9.17, 15) is 24.3 Å². The number of aliphatic hydroxyl groups excluding tert-OH is 1. The number of carboxylic acid groups (broad SMARTS) is 1. The number of aromatic carboxylic acids is 1. The molecule has 71 heavy (non-hydrogen) atoms. The minimum atomic E-state index is -1.16. The van der Waals surface area contributed by atoms with Crippen molar-refractivity contribution in [3.8, 4) is 16.2 Å². The van der Waals surface area contributed by atoms with E-state index in [1.165, 1.54) is 5.56 Å². The highest BCUT2D eigenvalue weighted by atomic mass is 35.5. The maximum Gasteiger partial charge on any atom is 0.349 e. The van der Waals surface area contributed by atoms with E-state index in [-0.39, 0.29) is 39.9 Å². The van der Waals surface area contributed by atoms with E-state index in [0.29, 0.717) is 22.6 Å². The summed E-state index contributed by atoms with van der Waals surface area (Å²) >= 11 is 11.2. The predicted octanol–water partition coefficient (Wildman–Crippen LogP) is 11.0. The normalized spacial score (nSPS) is 16.2. The first-order valence-corrected chi connectivity index (χ1v) is 26.6. The molecule has 2 saturated heterocycles. The van der Waals surface area contributed by atoms with Crippen molar-refractivity contribution in [3.05, 3.63) is 106 Å². The van der Waals surface area contributed by atoms with Gasteiger partial charge < -0.3 is 40.2 Å². The molecule has 18 heteroatoms. The number of aliphatic hydroxyl groups is 1. The number of benzene rings is 3. The molecule has 4 N–H and O–H groups in total. The number of aromatic nitrogens is 2. The van der Waals surface area contributed by atoms with Crippen molar-refractivity contribution in [3.63, 3.8) is 0 Å². The predicted molar refractivity (Wildman–Crippen MR) is 294 cm³/mol. The number of rotatable bonds is 19. The van der Waals surface area contributed by atoms with Crippen molar-refractivity contribution in [2.24, 2.45) is 0 Å². The van der Waals surface area contributed by atoms with E-state index in [2.05, 4.69) is 71.5 Å². The lowest BCUT2D eigenvalue weighted by Gasteiger charge is -2.45. The van der Waals surface area contributed by atoms with Crippen LogP contribution < -0.4 is 25.2 Å². The lowest BCUT2D eigenvalue weighted by Crippen LogP contribution is -2.49. The largest absolute Gasteiger partial charge is 0.483 e. The quantitative estimate of drug-likeness (QED) is 0.0445. The fourth-order valence-corrected chi connectivity index (χ4v) is 12.9. The molecule has 2 fully saturated rings. The summed E-state index contributed by atoms with van der Waals surface area (Å²) in [4.78, 5) is 61.9. The number of halogens is 1. The lowest BCUT2D eigenvalue weighted by atomic mass is 9.85. The number of anilines is 3. The number of nitrogens with one attached hydrogen (secondary N) is 2. The van der Waals surface area contributed by atoms with Gasteiger partial charge >= 0.3 is 5.97 Å². The first-order chi connectivity index (χ1) is 34.3. The molecule has 5 heterocycles. The Morgan fingerprint density at radius 1 is 1.07 bits per heavy atom. The van der Waals surface area contributed by atoms with Crippen LogP contribution in [0.15, 0.2) is 79.6 Å². The Morgan fingerprint density at radius 3 is 2.48 bits per heavy atom. The molecular formula is C53H64ClN7O7S3. The van der Waals surface area contributed by atoms with Gasteiger partial charge in [0.15, 0.2) is 34.0 Å². The zero-order valence-electron chi connectivity index (χ0n) is 41.2. The number of hydrogen-bond acceptors (Lipinski definition) is 16. The third kappa shape index (κ3) is 12.9. The van der Waals surface area contributed by atoms with Crippen molar-refractivity contribution in [2.75, 3.05) is 62.6 Å². The van der Waals surface area contributed by atoms with Crippen LogP contribution in [0.25, 0.3) is 31.6 Å². The van der Waals surface area contributed by atoms with Crippen molar-refractivity contribution < 1.29 is 34.1 Å². The second kappa shape index (κ2) is 25.7. The molecule has 14 nitrogen and oxygen atoms in total. The molecule has 0 aliphatic carbocycles. The summed E-state index contributed by atoms with van der Waals surface area (Å²) in [6.07, 6.45) is 11.5. The van der Waals surface area contributed by atoms with Crippen LogP contribution in [0.3, 0.4) is 0 Å². The zero-order valence-corrected chi connectivity index (χ0v) is 44.4. The number of thiophene rings is 1. The van der Waals surface area contributed by atoms with Crippen LogP contribution in [0.1, 0.15) is 96.4 Å². The molecule has 6 aromatic rings. The van der Waals surface area contributed by atoms with E-state index >= 15 is 0 Å². The van der Waals surface area contributed by atoms with Gasteiger partial charge in [0.05, 0.1) is 15.6 Å². The number of nitrogens with zero attached hydrogens (tertiary/aromatic N) is 5. The molecule has 0 radical (unpaired) electrons. The molecule has 0 spiro atoms. The summed E-state index contributed by atoms with van der Waals surface area (Å²) in [6.45, 7) is 12.4. The molecule has 2 aliphatic rings. The summed E-state index contributed by atoms with van der Waals surface area (Å²) in [7, 11) is 4.76. The topological polar surface area (TPSA) is 178 Å². The number of ether oxygens (including phenoxy) is 1. The smallest absolute Gasteiger partial charge is 0.349 e. The van der Waals surface area contributed by atoms with E-state index in [0.717, 1.165) is 144 Å². The molecule has 3 aromatic heterocycles. The number of carbonyl (C=O) groups is 4. The molecule has 378 valence electrons. The maximum absolute atomic E-state index is 12.3. The third-order valence-corrected chi connectivity index (χ3v) is 17.0. The van der Waals surface area contributed by atoms with Gasteiger partial charge in [0.1, 0.15) is 17.9 Å². The SMILES string of the molecule is C=CNC.CCCC(C=O)N(C)c1ccc(C2CCN(c3nc4ncc(CSN5CCC(Nc6cccc(-c7sc(C(=O)O)c(OCC=O)c7Cl)c6)CC5(C)C)cc4s3)CC2)c2cccc(C=O)c12.CO. The number of carbonyl (C=O) groups excluding carboxylic acids is 3. The standard InChI is InChI=1S/C49H53ClN6O6S3.C3H7N.CH4O/c1-5-8-36(28-59)54(4)39-14-13-37(38-12-7-10-33(27-58)41(38)39)31-15-18-55(19-16-31)48-53-46-40(64-48)23-30(26-51-46)29-63-56-20-17-35(25-49(56,2)3)52-34-11-6-9-32(24-34)44-42(50)43(62-22-21-57)45(65-44)47(60)61;1-3-4-2;1-2/h6-7,9-14,21,23-24,26-28,31,35-36,52H,5,8,15-20,22,25,29H2,1-4H3,(H,60,61);3-4H,1H2,2H3;2H,1H3. The summed E-state index contributed by atoms with van der Waals surface area (Å²) in [5.41, 5.74) is 6.34. The first-order valence-electron chi connectivity index (χ1n) is 23.7. The molecule has 2 unspecified atom stereocenters. The Morgan fingerprint density at radius 2 is 1.82 bits per heavy atom. The Hall–Kier alpha value is -5.56. The molecule has 0 saturated carbocycles. The van der Waals surface area contributed by atoms with E-state index < -0.39 is 5.97 Å². The zero-order chi connectivity index (χ0) is 51.2. The monoisotopic (exact) mass is 1040 g/mol. The van der Waals surface area contributed by atoms with Crippen LogP contribution >= 0.6 is 46.2 Å². The van der Waals surface area contributed by atoms with Crippen LogP contribution in [-0.4, -0.2) is 114 Å². The summed E-state index contributed by atoms with van der Waals surface area (Å²) in [6, 6.07) is 20.3. The number of thiazole rings is 1. The number of piperidine rings is 2. The molecule has 0 bridgehead atoms. The van der Waals surface area contributed by atoms with Crippen LogP contribution in [0.5, 0.6) is 5.75 Å². The Bertz CT molecular complexity index is 2790. The summed E-state index contributed by atoms with van der Waals surface area (Å²) < 4.78 is 8.96. The number of fused-ring (bicyclic) bond motifs is 2. The van der Waals surface area contributed by atoms with E-state index in [1.807, 2.05) is 73.5 Å². The van der Waals surface area contributed by atoms with Gasteiger partial charge in [-0.15, -0.1) is 11.3 Å². The molecule has 8 rings (SSSR count). The number of carboxylic acids is 1. The average molecular weight is 1040 g/mol. The van der Waals surface area contributed by atoms with Crippen LogP contribution in [0.4, 0.5) is 16.5 Å². The first kappa shape index (κ1) is 54.8. The average Bonchev–Trinajstić information content (AvgIpc) is 3.97. The minimum absolute atomic E-state index is 0.0173. The maximum atomic E-state index is 12.3. The minimum Gasteiger partial charge on any atom is -0.483 e. The second-order valence-corrected chi connectivity index (χ2v) is 21.3. The van der Waals surface area contributed by atoms with Crippen molar-refractivity contribution in [1.82, 2.24) is 19.6 Å². The summed E-state index contributed by atoms with van der Waals surface area (Å²) in [5.74, 6) is -0.0101. The fourth-order valence-electron chi connectivity index (χ4n) is 9.31. The molecule has 0 amide bonds. The number of hydrogen-bond donors (Lipinski definition) is 4. The van der Waals surface area contributed by atoms with E-state index in [1.54, 1.807) is 17.5 Å². The highest BCUT2D eigenvalue weighted by Crippen LogP contribution is 2.47. The van der Waals surface area contributed by atoms with Gasteiger partial charge in [0.25, 0.3) is 0 Å². The lowest BCUT2D eigenvalue weighted by molar-refractivity contribution is -0.110. The van der Waals surface area contributed by atoms with Crippen molar-refractivity contribution >= 4 is 109 Å². The highest BCUT2D eigenvalue weighted by molar-refractivity contribution is 7.96. The molecular weight excluding hydrogens is 978 g/mol. The molecule has 2 aliphatic heterocycles. The van der Waals surface area contributed by atoms with Crippen LogP contribution in [-0.2, 0) is 15.3 Å². The fraction of sp³-hybridized carbons (Fsp3) is 0.396. The Balaban J connectivity index is 0.00000131. The van der Waals surface area contributed by atoms with Gasteiger partial charge in [0, 0.05) is 86.7 Å². The number of pyridine rings is 1. The van der Waals surface area contributed by atoms with Gasteiger partial charge in [-0.1, -0.05) is 91.2 Å². The summed E-state index contributed by atoms with van der Waals surface area (Å²) in [5, 5.41) is 26.3. The highest BCUT2D eigenvalue weighted by Gasteiger charge is 2.36. The molecule has 2 atom stereocenters. The van der Waals surface area contributed by atoms with E-state index in [4.69, 9.17) is 31.4 Å². The van der Waals surface area contributed by atoms with Gasteiger partial charge in [-0.3, -0.25) is 9.59 Å². The van der Waals surface area contributed by atoms with Crippen LogP contribution in [0.2, 0.25) is 5.02 Å². The van der Waals surface area contributed by atoms with Crippen molar-refractivity contribution in [2.45, 2.75) is 88.6 Å². The van der Waals surface area contributed by atoms with Gasteiger partial charge in [-0.05, 0) is 104 Å². The molecule has 3 aromatic carbocycles. The number of likely N-dealkylation sites (N-methyl/N-ethyl adjacent to an activating group) is 1. The second-order valence-electron chi connectivity index (χ2n) is 17.9.